The molecule has 0 amide bonds. The average Bonchev–Trinajstić information content (AvgIpc) is 2.31. The molecule has 96 valence electrons. The predicted octanol–water partition coefficient (Wildman–Crippen LogP) is 4.16. The van der Waals surface area contributed by atoms with Gasteiger partial charge in [-0.3, -0.25) is 0 Å². The first kappa shape index (κ1) is 14.7. The zero-order valence-corrected chi connectivity index (χ0v) is 12.2. The number of benzene rings is 1. The number of nitrogens with one attached hydrogen (secondary N) is 1. The van der Waals surface area contributed by atoms with E-state index in [0.29, 0.717) is 5.92 Å². The van der Waals surface area contributed by atoms with Crippen LogP contribution in [0.5, 0.6) is 0 Å². The molecule has 0 spiro atoms. The van der Waals surface area contributed by atoms with Gasteiger partial charge in [0.05, 0.1) is 0 Å². The summed E-state index contributed by atoms with van der Waals surface area (Å²) in [4.78, 5) is 0. The van der Waals surface area contributed by atoms with Gasteiger partial charge in [0.1, 0.15) is 5.82 Å². The lowest BCUT2D eigenvalue weighted by Crippen LogP contribution is -2.24. The highest BCUT2D eigenvalue weighted by Crippen LogP contribution is 2.19. The van der Waals surface area contributed by atoms with Crippen LogP contribution in [-0.4, -0.2) is 13.1 Å². The summed E-state index contributed by atoms with van der Waals surface area (Å²) in [6, 6.07) is 5.33. The van der Waals surface area contributed by atoms with Gasteiger partial charge in [-0.2, -0.15) is 0 Å². The van der Waals surface area contributed by atoms with E-state index in [1.807, 2.05) is 12.1 Å². The summed E-state index contributed by atoms with van der Waals surface area (Å²) in [5.41, 5.74) is 0.818. The minimum absolute atomic E-state index is 0.103. The third-order valence-corrected chi connectivity index (χ3v) is 3.45. The summed E-state index contributed by atoms with van der Waals surface area (Å²) in [6.07, 6.45) is 3.03. The van der Waals surface area contributed by atoms with Crippen molar-refractivity contribution in [2.24, 2.45) is 5.92 Å². The molecule has 0 saturated heterocycles. The Morgan fingerprint density at radius 1 is 1.35 bits per heavy atom. The highest BCUT2D eigenvalue weighted by atomic mass is 79.9. The molecule has 1 atom stereocenters. The molecule has 0 aliphatic rings. The molecule has 1 aromatic carbocycles. The predicted molar refractivity (Wildman–Crippen MR) is 74.7 cm³/mol. The van der Waals surface area contributed by atoms with Gasteiger partial charge in [-0.25, -0.2) is 4.39 Å². The molecule has 1 N–H and O–H groups in total. The third kappa shape index (κ3) is 5.17. The van der Waals surface area contributed by atoms with E-state index in [0.717, 1.165) is 42.4 Å². The SMILES string of the molecule is CCCNCC(CC)Cc1ccc(Br)cc1F. The Labute approximate surface area is 112 Å². The number of hydrogen-bond donors (Lipinski definition) is 1. The molecule has 0 aliphatic heterocycles. The lowest BCUT2D eigenvalue weighted by atomic mass is 9.96. The highest BCUT2D eigenvalue weighted by molar-refractivity contribution is 9.10. The normalized spacial score (nSPS) is 12.7. The van der Waals surface area contributed by atoms with Crippen LogP contribution in [0, 0.1) is 11.7 Å². The van der Waals surface area contributed by atoms with Crippen LogP contribution in [0.4, 0.5) is 4.39 Å². The van der Waals surface area contributed by atoms with Crippen LogP contribution in [0.3, 0.4) is 0 Å². The molecule has 0 aromatic heterocycles. The standard InChI is InChI=1S/C14H21BrFN/c1-3-7-17-10-11(4-2)8-12-5-6-13(15)9-14(12)16/h5-6,9,11,17H,3-4,7-8,10H2,1-2H3. The minimum Gasteiger partial charge on any atom is -0.316 e. The molecule has 1 aromatic rings. The Hall–Kier alpha value is -0.410. The maximum absolute atomic E-state index is 13.7. The van der Waals surface area contributed by atoms with E-state index < -0.39 is 0 Å². The highest BCUT2D eigenvalue weighted by Gasteiger charge is 2.10. The second kappa shape index (κ2) is 7.83. The van der Waals surface area contributed by atoms with E-state index in [-0.39, 0.29) is 5.82 Å². The first-order valence-electron chi connectivity index (χ1n) is 6.32. The van der Waals surface area contributed by atoms with E-state index in [2.05, 4.69) is 35.1 Å². The lowest BCUT2D eigenvalue weighted by molar-refractivity contribution is 0.451. The largest absolute Gasteiger partial charge is 0.316 e. The van der Waals surface area contributed by atoms with Crippen LogP contribution in [0.1, 0.15) is 32.3 Å². The van der Waals surface area contributed by atoms with Crippen LogP contribution >= 0.6 is 15.9 Å². The van der Waals surface area contributed by atoms with Crippen LogP contribution in [0.2, 0.25) is 0 Å². The van der Waals surface area contributed by atoms with Gasteiger partial charge in [-0.15, -0.1) is 0 Å². The van der Waals surface area contributed by atoms with Crippen molar-refractivity contribution in [3.05, 3.63) is 34.1 Å². The Balaban J connectivity index is 2.54. The molecule has 0 radical (unpaired) electrons. The Bertz CT molecular complexity index is 341. The summed E-state index contributed by atoms with van der Waals surface area (Å²) in [5.74, 6) is 0.408. The van der Waals surface area contributed by atoms with Crippen molar-refractivity contribution in [2.75, 3.05) is 13.1 Å². The Kier molecular flexibility index (Phi) is 6.75. The average molecular weight is 302 g/mol. The van der Waals surface area contributed by atoms with Crippen LogP contribution < -0.4 is 5.32 Å². The summed E-state index contributed by atoms with van der Waals surface area (Å²) in [7, 11) is 0. The van der Waals surface area contributed by atoms with Crippen molar-refractivity contribution < 1.29 is 4.39 Å². The maximum atomic E-state index is 13.7. The van der Waals surface area contributed by atoms with Crippen LogP contribution in [-0.2, 0) is 6.42 Å². The third-order valence-electron chi connectivity index (χ3n) is 2.96. The molecule has 1 nitrogen and oxygen atoms in total. The van der Waals surface area contributed by atoms with Gasteiger partial charge in [0, 0.05) is 4.47 Å². The smallest absolute Gasteiger partial charge is 0.127 e. The van der Waals surface area contributed by atoms with Gasteiger partial charge >= 0.3 is 0 Å². The zero-order valence-electron chi connectivity index (χ0n) is 10.6. The zero-order chi connectivity index (χ0) is 12.7. The molecule has 1 rings (SSSR count). The van der Waals surface area contributed by atoms with Crippen molar-refractivity contribution in [3.8, 4) is 0 Å². The Morgan fingerprint density at radius 2 is 2.12 bits per heavy atom. The summed E-state index contributed by atoms with van der Waals surface area (Å²) in [5, 5.41) is 3.41. The summed E-state index contributed by atoms with van der Waals surface area (Å²) in [6.45, 7) is 6.33. The van der Waals surface area contributed by atoms with Crippen molar-refractivity contribution >= 4 is 15.9 Å². The molecule has 0 saturated carbocycles. The minimum atomic E-state index is -0.103. The molecule has 1 unspecified atom stereocenters. The van der Waals surface area contributed by atoms with Gasteiger partial charge in [-0.05, 0) is 49.5 Å². The van der Waals surface area contributed by atoms with Gasteiger partial charge in [0.2, 0.25) is 0 Å². The molecule has 3 heteroatoms. The molecule has 17 heavy (non-hydrogen) atoms. The summed E-state index contributed by atoms with van der Waals surface area (Å²) >= 11 is 3.28. The molecule has 0 bridgehead atoms. The Morgan fingerprint density at radius 3 is 2.71 bits per heavy atom. The van der Waals surface area contributed by atoms with Crippen LogP contribution in [0.15, 0.2) is 22.7 Å². The van der Waals surface area contributed by atoms with E-state index in [9.17, 15) is 4.39 Å². The van der Waals surface area contributed by atoms with Gasteiger partial charge in [0.25, 0.3) is 0 Å². The second-order valence-corrected chi connectivity index (χ2v) is 5.33. The van der Waals surface area contributed by atoms with E-state index in [4.69, 9.17) is 0 Å². The van der Waals surface area contributed by atoms with E-state index in [1.54, 1.807) is 6.07 Å². The summed E-state index contributed by atoms with van der Waals surface area (Å²) < 4.78 is 14.5. The topological polar surface area (TPSA) is 12.0 Å². The van der Waals surface area contributed by atoms with E-state index in [1.165, 1.54) is 0 Å². The molecule has 0 aliphatic carbocycles. The number of rotatable bonds is 7. The van der Waals surface area contributed by atoms with Crippen molar-refractivity contribution in [1.29, 1.82) is 0 Å². The quantitative estimate of drug-likeness (QED) is 0.746. The van der Waals surface area contributed by atoms with Crippen molar-refractivity contribution in [1.82, 2.24) is 5.32 Å². The maximum Gasteiger partial charge on any atom is 0.127 e. The fraction of sp³-hybridized carbons (Fsp3) is 0.571. The van der Waals surface area contributed by atoms with Crippen molar-refractivity contribution in [3.63, 3.8) is 0 Å². The molecular weight excluding hydrogens is 281 g/mol. The lowest BCUT2D eigenvalue weighted by Gasteiger charge is -2.16. The monoisotopic (exact) mass is 301 g/mol. The first-order valence-corrected chi connectivity index (χ1v) is 7.11. The fourth-order valence-electron chi connectivity index (χ4n) is 1.84. The van der Waals surface area contributed by atoms with Gasteiger partial charge < -0.3 is 5.32 Å². The van der Waals surface area contributed by atoms with Crippen LogP contribution in [0.25, 0.3) is 0 Å². The molecule has 0 fully saturated rings. The first-order chi connectivity index (χ1) is 8.17. The number of halogens is 2. The van der Waals surface area contributed by atoms with E-state index >= 15 is 0 Å². The fourth-order valence-corrected chi connectivity index (χ4v) is 2.18. The molecule has 0 heterocycles. The van der Waals surface area contributed by atoms with Gasteiger partial charge in [0.15, 0.2) is 0 Å². The second-order valence-electron chi connectivity index (χ2n) is 4.42. The molecular formula is C14H21BrFN. The number of hydrogen-bond acceptors (Lipinski definition) is 1. The van der Waals surface area contributed by atoms with Gasteiger partial charge in [-0.1, -0.05) is 42.3 Å². The van der Waals surface area contributed by atoms with Crippen molar-refractivity contribution in [2.45, 2.75) is 33.1 Å².